The maximum absolute atomic E-state index is 4.49. The van der Waals surface area contributed by atoms with Gasteiger partial charge in [0.1, 0.15) is 0 Å². The Hall–Kier alpha value is -0.830. The van der Waals surface area contributed by atoms with E-state index < -0.39 is 0 Å². The van der Waals surface area contributed by atoms with E-state index in [1.807, 2.05) is 4.68 Å². The molecule has 0 aliphatic heterocycles. The Morgan fingerprint density at radius 2 is 1.90 bits per heavy atom. The average molecular weight is 277 g/mol. The molecule has 0 radical (unpaired) electrons. The lowest BCUT2D eigenvalue weighted by Crippen LogP contribution is -2.36. The highest BCUT2D eigenvalue weighted by Gasteiger charge is 2.66. The van der Waals surface area contributed by atoms with Gasteiger partial charge in [0.2, 0.25) is 0 Å². The fourth-order valence-corrected chi connectivity index (χ4v) is 3.97. The highest BCUT2D eigenvalue weighted by molar-refractivity contribution is 5.19. The maximum Gasteiger partial charge on any atom is 0.0596 e. The van der Waals surface area contributed by atoms with Crippen molar-refractivity contribution in [2.24, 2.45) is 23.8 Å². The minimum absolute atomic E-state index is 0.423. The monoisotopic (exact) mass is 277 g/mol. The number of nitrogens with zero attached hydrogens (tertiary/aromatic N) is 2. The van der Waals surface area contributed by atoms with Crippen molar-refractivity contribution >= 4 is 0 Å². The fourth-order valence-electron chi connectivity index (χ4n) is 3.97. The Kier molecular flexibility index (Phi) is 4.03. The van der Waals surface area contributed by atoms with E-state index in [1.165, 1.54) is 12.1 Å². The summed E-state index contributed by atoms with van der Waals surface area (Å²) in [7, 11) is 2.06. The second-order valence-corrected chi connectivity index (χ2v) is 7.59. The highest BCUT2D eigenvalue weighted by Crippen LogP contribution is 2.69. The van der Waals surface area contributed by atoms with Crippen molar-refractivity contribution in [2.75, 3.05) is 6.54 Å². The molecule has 0 saturated heterocycles. The van der Waals surface area contributed by atoms with Crippen LogP contribution in [0.4, 0.5) is 0 Å². The number of rotatable bonds is 6. The molecule has 3 nitrogen and oxygen atoms in total. The van der Waals surface area contributed by atoms with Crippen LogP contribution in [0.1, 0.15) is 52.4 Å². The van der Waals surface area contributed by atoms with Crippen LogP contribution in [0.3, 0.4) is 0 Å². The molecular weight excluding hydrogens is 246 g/mol. The topological polar surface area (TPSA) is 29.9 Å². The van der Waals surface area contributed by atoms with Crippen LogP contribution in [0, 0.1) is 23.7 Å². The van der Waals surface area contributed by atoms with E-state index in [1.54, 1.807) is 0 Å². The molecule has 0 aromatic carbocycles. The third-order valence-corrected chi connectivity index (χ3v) is 5.72. The minimum atomic E-state index is 0.423. The quantitative estimate of drug-likeness (QED) is 0.864. The third kappa shape index (κ3) is 2.52. The Morgan fingerprint density at radius 1 is 1.30 bits per heavy atom. The second-order valence-electron chi connectivity index (χ2n) is 7.59. The van der Waals surface area contributed by atoms with E-state index in [4.69, 9.17) is 0 Å². The maximum atomic E-state index is 4.49. The molecule has 1 aromatic heterocycles. The van der Waals surface area contributed by atoms with E-state index >= 15 is 0 Å². The number of aromatic nitrogens is 2. The predicted octanol–water partition coefficient (Wildman–Crippen LogP) is 3.32. The van der Waals surface area contributed by atoms with Gasteiger partial charge in [0, 0.05) is 25.2 Å². The van der Waals surface area contributed by atoms with Crippen LogP contribution >= 0.6 is 0 Å². The summed E-state index contributed by atoms with van der Waals surface area (Å²) < 4.78 is 2.04. The third-order valence-electron chi connectivity index (χ3n) is 5.72. The van der Waals surface area contributed by atoms with Gasteiger partial charge in [-0.15, -0.1) is 0 Å². The number of nitrogens with one attached hydrogen (secondary N) is 1. The molecule has 1 N–H and O–H groups in total. The first-order valence-electron chi connectivity index (χ1n) is 7.94. The first-order valence-corrected chi connectivity index (χ1v) is 7.94. The Bertz CT molecular complexity index is 457. The lowest BCUT2D eigenvalue weighted by atomic mass is 9.99. The normalized spacial score (nSPS) is 21.9. The molecule has 1 fully saturated rings. The summed E-state index contributed by atoms with van der Waals surface area (Å²) in [6.07, 6.45) is 2.27. The summed E-state index contributed by atoms with van der Waals surface area (Å²) in [6.45, 7) is 15.0. The van der Waals surface area contributed by atoms with Crippen LogP contribution < -0.4 is 5.32 Å². The van der Waals surface area contributed by atoms with E-state index in [0.29, 0.717) is 16.9 Å². The van der Waals surface area contributed by atoms with Gasteiger partial charge in [0.25, 0.3) is 0 Å². The van der Waals surface area contributed by atoms with Gasteiger partial charge in [-0.3, -0.25) is 4.68 Å². The summed E-state index contributed by atoms with van der Waals surface area (Å²) in [5.74, 6) is 0.733. The number of aryl methyl sites for hydroxylation is 2. The summed E-state index contributed by atoms with van der Waals surface area (Å²) >= 11 is 0. The minimum Gasteiger partial charge on any atom is -0.313 e. The van der Waals surface area contributed by atoms with Crippen LogP contribution in [-0.2, 0) is 13.5 Å². The average Bonchev–Trinajstić information content (AvgIpc) is 2.59. The molecule has 0 amide bonds. The second kappa shape index (κ2) is 5.18. The van der Waals surface area contributed by atoms with Crippen LogP contribution in [0.15, 0.2) is 6.07 Å². The SMILES string of the molecule is CCCNC(Cc1cc(C)nn1C)C1C(C)(C)C1(C)C. The molecule has 20 heavy (non-hydrogen) atoms. The predicted molar refractivity (Wildman–Crippen MR) is 84.8 cm³/mol. The lowest BCUT2D eigenvalue weighted by molar-refractivity contribution is 0.388. The largest absolute Gasteiger partial charge is 0.313 e. The van der Waals surface area contributed by atoms with E-state index in [2.05, 4.69) is 65.1 Å². The smallest absolute Gasteiger partial charge is 0.0596 e. The van der Waals surface area contributed by atoms with Crippen molar-refractivity contribution in [3.8, 4) is 0 Å². The van der Waals surface area contributed by atoms with Crippen molar-refractivity contribution in [3.63, 3.8) is 0 Å². The molecular formula is C17H31N3. The van der Waals surface area contributed by atoms with Gasteiger partial charge in [0.15, 0.2) is 0 Å². The van der Waals surface area contributed by atoms with Gasteiger partial charge in [-0.25, -0.2) is 0 Å². The highest BCUT2D eigenvalue weighted by atomic mass is 15.3. The summed E-state index contributed by atoms with van der Waals surface area (Å²) in [6, 6.07) is 2.78. The van der Waals surface area contributed by atoms with Crippen molar-refractivity contribution in [3.05, 3.63) is 17.5 Å². The molecule has 1 saturated carbocycles. The Morgan fingerprint density at radius 3 is 2.30 bits per heavy atom. The van der Waals surface area contributed by atoms with E-state index in [9.17, 15) is 0 Å². The van der Waals surface area contributed by atoms with E-state index in [-0.39, 0.29) is 0 Å². The molecule has 114 valence electrons. The molecule has 1 heterocycles. The molecule has 1 aromatic rings. The first-order chi connectivity index (χ1) is 9.21. The first kappa shape index (κ1) is 15.6. The fraction of sp³-hybridized carbons (Fsp3) is 0.824. The van der Waals surface area contributed by atoms with Gasteiger partial charge in [-0.05, 0) is 42.7 Å². The Labute approximate surface area is 124 Å². The van der Waals surface area contributed by atoms with Gasteiger partial charge in [-0.1, -0.05) is 34.6 Å². The lowest BCUT2D eigenvalue weighted by Gasteiger charge is -2.21. The summed E-state index contributed by atoms with van der Waals surface area (Å²) in [4.78, 5) is 0. The van der Waals surface area contributed by atoms with Crippen LogP contribution in [0.5, 0.6) is 0 Å². The van der Waals surface area contributed by atoms with Crippen molar-refractivity contribution < 1.29 is 0 Å². The molecule has 0 spiro atoms. The summed E-state index contributed by atoms with van der Waals surface area (Å²) in [5, 5.41) is 8.27. The molecule has 1 atom stereocenters. The molecule has 1 aliphatic rings. The molecule has 1 aliphatic carbocycles. The summed E-state index contributed by atoms with van der Waals surface area (Å²) in [5.41, 5.74) is 3.30. The van der Waals surface area contributed by atoms with Crippen LogP contribution in [-0.4, -0.2) is 22.4 Å². The molecule has 3 heteroatoms. The molecule has 2 rings (SSSR count). The van der Waals surface area contributed by atoms with Crippen LogP contribution in [0.25, 0.3) is 0 Å². The molecule has 1 unspecified atom stereocenters. The number of hydrogen-bond acceptors (Lipinski definition) is 2. The van der Waals surface area contributed by atoms with Crippen LogP contribution in [0.2, 0.25) is 0 Å². The van der Waals surface area contributed by atoms with Crippen molar-refractivity contribution in [1.29, 1.82) is 0 Å². The van der Waals surface area contributed by atoms with Gasteiger partial charge in [0.05, 0.1) is 5.69 Å². The zero-order valence-corrected chi connectivity index (χ0v) is 14.2. The van der Waals surface area contributed by atoms with Crippen molar-refractivity contribution in [2.45, 2.75) is 60.4 Å². The van der Waals surface area contributed by atoms with Crippen molar-refractivity contribution in [1.82, 2.24) is 15.1 Å². The van der Waals surface area contributed by atoms with Gasteiger partial charge in [-0.2, -0.15) is 5.10 Å². The van der Waals surface area contributed by atoms with Gasteiger partial charge >= 0.3 is 0 Å². The zero-order valence-electron chi connectivity index (χ0n) is 14.2. The Balaban J connectivity index is 2.15. The number of hydrogen-bond donors (Lipinski definition) is 1. The molecule has 0 bridgehead atoms. The van der Waals surface area contributed by atoms with E-state index in [0.717, 1.165) is 24.6 Å². The van der Waals surface area contributed by atoms with Gasteiger partial charge < -0.3 is 5.32 Å². The standard InChI is InChI=1S/C17H31N3/c1-8-9-18-14(15-16(3,4)17(15,5)6)11-13-10-12(2)19-20(13)7/h10,14-15,18H,8-9,11H2,1-7H3. The zero-order chi connectivity index (χ0) is 15.1.